The molecule has 4 heteroatoms. The molecule has 2 aliphatic heterocycles. The third-order valence-electron chi connectivity index (χ3n) is 2.49. The minimum absolute atomic E-state index is 0.0483. The molecule has 0 aromatic carbocycles. The Hall–Kier alpha value is -0.160. The number of methoxy groups -OCH3 is 1. The van der Waals surface area contributed by atoms with Gasteiger partial charge in [-0.3, -0.25) is 0 Å². The van der Waals surface area contributed by atoms with Crippen molar-refractivity contribution in [2.75, 3.05) is 7.11 Å². The molecule has 0 bridgehead atoms. The Bertz CT molecular complexity index is 172. The van der Waals surface area contributed by atoms with Crippen molar-refractivity contribution in [2.45, 2.75) is 44.1 Å². The maximum absolute atomic E-state index is 9.59. The lowest BCUT2D eigenvalue weighted by atomic mass is 10.0. The van der Waals surface area contributed by atoms with Gasteiger partial charge in [-0.05, 0) is 6.42 Å². The third-order valence-corrected chi connectivity index (χ3v) is 2.49. The normalized spacial score (nSPS) is 51.8. The first kappa shape index (κ1) is 8.44. The van der Waals surface area contributed by atoms with E-state index < -0.39 is 6.10 Å². The van der Waals surface area contributed by atoms with Crippen LogP contribution in [-0.4, -0.2) is 42.9 Å². The van der Waals surface area contributed by atoms with Gasteiger partial charge in [0, 0.05) is 7.11 Å². The van der Waals surface area contributed by atoms with Gasteiger partial charge in [-0.2, -0.15) is 0 Å². The van der Waals surface area contributed by atoms with Crippen LogP contribution >= 0.6 is 0 Å². The summed E-state index contributed by atoms with van der Waals surface area (Å²) < 4.78 is 15.7. The van der Waals surface area contributed by atoms with Crippen molar-refractivity contribution in [3.05, 3.63) is 0 Å². The molecule has 5 atom stereocenters. The number of rotatable bonds is 2. The first-order chi connectivity index (χ1) is 5.77. The molecule has 2 rings (SSSR count). The van der Waals surface area contributed by atoms with Gasteiger partial charge in [0.25, 0.3) is 0 Å². The highest BCUT2D eigenvalue weighted by molar-refractivity contribution is 5.00. The molecule has 70 valence electrons. The number of fused-ring (bicyclic) bond motifs is 1. The van der Waals surface area contributed by atoms with Crippen LogP contribution in [0.2, 0.25) is 0 Å². The van der Waals surface area contributed by atoms with Crippen molar-refractivity contribution < 1.29 is 19.3 Å². The van der Waals surface area contributed by atoms with E-state index in [1.54, 1.807) is 7.11 Å². The van der Waals surface area contributed by atoms with Crippen molar-refractivity contribution in [2.24, 2.45) is 0 Å². The number of ether oxygens (including phenoxy) is 3. The van der Waals surface area contributed by atoms with Crippen molar-refractivity contribution in [3.8, 4) is 0 Å². The zero-order chi connectivity index (χ0) is 8.72. The van der Waals surface area contributed by atoms with Crippen LogP contribution in [0.3, 0.4) is 0 Å². The lowest BCUT2D eigenvalue weighted by Crippen LogP contribution is -2.45. The van der Waals surface area contributed by atoms with E-state index in [1.807, 2.05) is 6.92 Å². The molecule has 4 nitrogen and oxygen atoms in total. The van der Waals surface area contributed by atoms with Crippen molar-refractivity contribution in [3.63, 3.8) is 0 Å². The van der Waals surface area contributed by atoms with E-state index in [1.165, 1.54) is 0 Å². The van der Waals surface area contributed by atoms with Gasteiger partial charge in [0.1, 0.15) is 18.3 Å². The van der Waals surface area contributed by atoms with Crippen LogP contribution in [0.1, 0.15) is 13.3 Å². The van der Waals surface area contributed by atoms with Crippen LogP contribution in [0.15, 0.2) is 0 Å². The highest BCUT2D eigenvalue weighted by Crippen LogP contribution is 2.38. The van der Waals surface area contributed by atoms with E-state index in [0.717, 1.165) is 6.42 Å². The maximum Gasteiger partial charge on any atom is 0.186 e. The van der Waals surface area contributed by atoms with Crippen LogP contribution in [0.25, 0.3) is 0 Å². The lowest BCUT2D eigenvalue weighted by molar-refractivity contribution is -0.199. The van der Waals surface area contributed by atoms with E-state index in [-0.39, 0.29) is 24.6 Å². The Kier molecular flexibility index (Phi) is 2.08. The first-order valence-corrected chi connectivity index (χ1v) is 4.29. The Morgan fingerprint density at radius 2 is 2.08 bits per heavy atom. The molecule has 2 fully saturated rings. The quantitative estimate of drug-likeness (QED) is 0.594. The Labute approximate surface area is 71.4 Å². The summed E-state index contributed by atoms with van der Waals surface area (Å²) in [4.78, 5) is 0. The fraction of sp³-hybridized carbons (Fsp3) is 1.00. The zero-order valence-electron chi connectivity index (χ0n) is 7.27. The van der Waals surface area contributed by atoms with Gasteiger partial charge >= 0.3 is 0 Å². The van der Waals surface area contributed by atoms with E-state index in [9.17, 15) is 5.11 Å². The van der Waals surface area contributed by atoms with Gasteiger partial charge in [0.15, 0.2) is 6.29 Å². The topological polar surface area (TPSA) is 51.2 Å². The maximum atomic E-state index is 9.59. The molecule has 12 heavy (non-hydrogen) atoms. The largest absolute Gasteiger partial charge is 0.388 e. The van der Waals surface area contributed by atoms with E-state index >= 15 is 0 Å². The number of hydrogen-bond acceptors (Lipinski definition) is 4. The summed E-state index contributed by atoms with van der Waals surface area (Å²) in [6, 6.07) is 0. The van der Waals surface area contributed by atoms with Crippen LogP contribution < -0.4 is 0 Å². The summed E-state index contributed by atoms with van der Waals surface area (Å²) in [6.07, 6.45) is -0.233. The van der Waals surface area contributed by atoms with Crippen molar-refractivity contribution in [1.82, 2.24) is 0 Å². The van der Waals surface area contributed by atoms with Gasteiger partial charge in [-0.1, -0.05) is 6.92 Å². The summed E-state index contributed by atoms with van der Waals surface area (Å²) in [6.45, 7) is 1.98. The molecule has 0 saturated carbocycles. The summed E-state index contributed by atoms with van der Waals surface area (Å²) in [5, 5.41) is 9.59. The van der Waals surface area contributed by atoms with E-state index in [0.29, 0.717) is 0 Å². The monoisotopic (exact) mass is 174 g/mol. The smallest absolute Gasteiger partial charge is 0.186 e. The number of hydrogen-bond donors (Lipinski definition) is 1. The second-order valence-electron chi connectivity index (χ2n) is 3.24. The van der Waals surface area contributed by atoms with E-state index in [2.05, 4.69) is 0 Å². The van der Waals surface area contributed by atoms with Gasteiger partial charge < -0.3 is 19.3 Å². The number of epoxide rings is 1. The van der Waals surface area contributed by atoms with E-state index in [4.69, 9.17) is 14.2 Å². The summed E-state index contributed by atoms with van der Waals surface area (Å²) in [7, 11) is 1.59. The zero-order valence-corrected chi connectivity index (χ0v) is 7.27. The molecule has 0 aromatic heterocycles. The van der Waals surface area contributed by atoms with Crippen LogP contribution in [-0.2, 0) is 14.2 Å². The molecular formula is C8H14O4. The molecular weight excluding hydrogens is 160 g/mol. The second kappa shape index (κ2) is 2.96. The molecule has 0 amide bonds. The number of aliphatic hydroxyl groups is 1. The molecule has 4 unspecified atom stereocenters. The lowest BCUT2D eigenvalue weighted by Gasteiger charge is -2.29. The van der Waals surface area contributed by atoms with Crippen LogP contribution in [0.4, 0.5) is 0 Å². The fourth-order valence-corrected chi connectivity index (χ4v) is 1.70. The molecule has 2 saturated heterocycles. The molecule has 2 heterocycles. The van der Waals surface area contributed by atoms with Crippen molar-refractivity contribution >= 4 is 0 Å². The van der Waals surface area contributed by atoms with Gasteiger partial charge in [0.05, 0.1) is 6.10 Å². The molecule has 2 aliphatic rings. The van der Waals surface area contributed by atoms with Crippen molar-refractivity contribution in [1.29, 1.82) is 0 Å². The predicted octanol–water partition coefficient (Wildman–Crippen LogP) is -0.104. The minimum atomic E-state index is -0.480. The highest BCUT2D eigenvalue weighted by Gasteiger charge is 2.57. The SMILES string of the molecule is CC[C@H]1OC(OC)C2OC2C1O. The number of aliphatic hydroxyl groups excluding tert-OH is 1. The van der Waals surface area contributed by atoms with Gasteiger partial charge in [0.2, 0.25) is 0 Å². The molecule has 0 spiro atoms. The minimum Gasteiger partial charge on any atom is -0.388 e. The standard InChI is InChI=1S/C8H14O4/c1-3-4-5(9)6-7(12-6)8(10-2)11-4/h4-9H,3H2,1-2H3/t4-,5?,6?,7?,8?/m1/s1. The fourth-order valence-electron chi connectivity index (χ4n) is 1.70. The average molecular weight is 174 g/mol. The Morgan fingerprint density at radius 3 is 2.67 bits per heavy atom. The van der Waals surface area contributed by atoms with Gasteiger partial charge in [-0.15, -0.1) is 0 Å². The molecule has 0 radical (unpaired) electrons. The molecule has 1 N–H and O–H groups in total. The molecule has 0 aliphatic carbocycles. The van der Waals surface area contributed by atoms with Crippen LogP contribution in [0, 0.1) is 0 Å². The molecule has 0 aromatic rings. The summed E-state index contributed by atoms with van der Waals surface area (Å²) in [5.41, 5.74) is 0. The Balaban J connectivity index is 2.01. The predicted molar refractivity (Wildman–Crippen MR) is 40.6 cm³/mol. The second-order valence-corrected chi connectivity index (χ2v) is 3.24. The van der Waals surface area contributed by atoms with Crippen LogP contribution in [0.5, 0.6) is 0 Å². The van der Waals surface area contributed by atoms with Gasteiger partial charge in [-0.25, -0.2) is 0 Å². The summed E-state index contributed by atoms with van der Waals surface area (Å²) in [5.74, 6) is 0. The summed E-state index contributed by atoms with van der Waals surface area (Å²) >= 11 is 0. The third kappa shape index (κ3) is 1.15. The Morgan fingerprint density at radius 1 is 1.33 bits per heavy atom. The average Bonchev–Trinajstić information content (AvgIpc) is 2.85. The first-order valence-electron chi connectivity index (χ1n) is 4.29. The highest BCUT2D eigenvalue weighted by atomic mass is 16.7.